The molecule has 3 nitrogen and oxygen atoms in total. The van der Waals surface area contributed by atoms with Crippen LogP contribution < -0.4 is 4.74 Å². The number of halogens is 2. The molecule has 0 aliphatic carbocycles. The molecule has 0 aromatic heterocycles. The van der Waals surface area contributed by atoms with Gasteiger partial charge in [-0.15, -0.1) is 6.58 Å². The molecule has 7 heteroatoms. The first-order valence-electron chi connectivity index (χ1n) is 5.87. The molecule has 1 aromatic rings. The van der Waals surface area contributed by atoms with E-state index in [0.717, 1.165) is 18.5 Å². The molecule has 0 spiro atoms. The van der Waals surface area contributed by atoms with Crippen LogP contribution in [0.25, 0.3) is 6.08 Å². The Bertz CT molecular complexity index is 659. The van der Waals surface area contributed by atoms with Gasteiger partial charge in [-0.2, -0.15) is 0 Å². The van der Waals surface area contributed by atoms with Crippen LogP contribution in [0.4, 0.5) is 0 Å². The zero-order valence-corrected chi connectivity index (χ0v) is 17.0. The van der Waals surface area contributed by atoms with Crippen LogP contribution in [-0.2, 0) is 4.79 Å². The maximum atomic E-state index is 12.3. The molecular formula is C14H11I2NO2S2. The van der Waals surface area contributed by atoms with E-state index in [1.54, 1.807) is 18.1 Å². The molecule has 0 unspecified atom stereocenters. The molecule has 1 aliphatic heterocycles. The maximum Gasteiger partial charge on any atom is 0.266 e. The number of nitrogens with zero attached hydrogens (tertiary/aromatic N) is 1. The van der Waals surface area contributed by atoms with Gasteiger partial charge in [0.15, 0.2) is 0 Å². The lowest BCUT2D eigenvalue weighted by molar-refractivity contribution is -0.121. The summed E-state index contributed by atoms with van der Waals surface area (Å²) in [6.07, 6.45) is 3.51. The molecule has 1 aromatic carbocycles. The van der Waals surface area contributed by atoms with E-state index in [4.69, 9.17) is 17.0 Å². The van der Waals surface area contributed by atoms with Crippen molar-refractivity contribution in [3.05, 3.63) is 42.4 Å². The van der Waals surface area contributed by atoms with Crippen molar-refractivity contribution in [1.29, 1.82) is 0 Å². The summed E-state index contributed by atoms with van der Waals surface area (Å²) in [6, 6.07) is 4.02. The van der Waals surface area contributed by atoms with Gasteiger partial charge in [0.05, 0.1) is 15.6 Å². The van der Waals surface area contributed by atoms with Crippen molar-refractivity contribution in [2.45, 2.75) is 0 Å². The number of carbonyl (C=O) groups excluding carboxylic acids is 1. The Morgan fingerprint density at radius 3 is 2.81 bits per heavy atom. The number of benzene rings is 1. The number of methoxy groups -OCH3 is 1. The molecule has 1 fully saturated rings. The van der Waals surface area contributed by atoms with E-state index in [2.05, 4.69) is 51.8 Å². The Hall–Kier alpha value is -0.130. The molecule has 21 heavy (non-hydrogen) atoms. The lowest BCUT2D eigenvalue weighted by Crippen LogP contribution is -2.27. The fourth-order valence-corrected chi connectivity index (χ4v) is 5.21. The van der Waals surface area contributed by atoms with Gasteiger partial charge >= 0.3 is 0 Å². The fourth-order valence-electron chi connectivity index (χ4n) is 1.83. The van der Waals surface area contributed by atoms with Crippen molar-refractivity contribution >= 4 is 85.5 Å². The molecule has 1 saturated heterocycles. The minimum atomic E-state index is -0.0826. The number of ether oxygens (including phenoxy) is 1. The monoisotopic (exact) mass is 543 g/mol. The van der Waals surface area contributed by atoms with Crippen molar-refractivity contribution in [1.82, 2.24) is 4.90 Å². The number of rotatable bonds is 4. The maximum absolute atomic E-state index is 12.3. The second-order valence-corrected chi connectivity index (χ2v) is 8.17. The molecule has 0 saturated carbocycles. The predicted molar refractivity (Wildman–Crippen MR) is 109 cm³/mol. The molecule has 0 radical (unpaired) electrons. The van der Waals surface area contributed by atoms with Gasteiger partial charge in [0, 0.05) is 15.7 Å². The van der Waals surface area contributed by atoms with Gasteiger partial charge in [0.1, 0.15) is 10.1 Å². The van der Waals surface area contributed by atoms with Crippen LogP contribution in [0, 0.1) is 7.14 Å². The Morgan fingerprint density at radius 2 is 2.19 bits per heavy atom. The lowest BCUT2D eigenvalue weighted by atomic mass is 10.2. The first kappa shape index (κ1) is 17.2. The Labute approximate surface area is 160 Å². The standard InChI is InChI=1S/C14H11I2NO2S2/c1-3-4-17-13(18)11(21-14(17)20)6-8-5-9(15)7-10(16)12(8)19-2/h3,5-7H,1,4H2,2H3/b11-6-. The quantitative estimate of drug-likeness (QED) is 0.246. The third-order valence-corrected chi connectivity index (χ3v) is 5.51. The normalized spacial score (nSPS) is 16.7. The highest BCUT2D eigenvalue weighted by molar-refractivity contribution is 14.1. The van der Waals surface area contributed by atoms with Gasteiger partial charge in [0.2, 0.25) is 0 Å². The predicted octanol–water partition coefficient (Wildman–Crippen LogP) is 4.29. The topological polar surface area (TPSA) is 29.5 Å². The van der Waals surface area contributed by atoms with Gasteiger partial charge in [-0.1, -0.05) is 30.1 Å². The zero-order valence-electron chi connectivity index (χ0n) is 11.1. The first-order valence-corrected chi connectivity index (χ1v) is 9.25. The highest BCUT2D eigenvalue weighted by Crippen LogP contribution is 2.36. The van der Waals surface area contributed by atoms with E-state index in [1.807, 2.05) is 18.2 Å². The van der Waals surface area contributed by atoms with Crippen LogP contribution in [0.2, 0.25) is 0 Å². The van der Waals surface area contributed by atoms with Crippen LogP contribution in [0.5, 0.6) is 5.75 Å². The number of thioether (sulfide) groups is 1. The summed E-state index contributed by atoms with van der Waals surface area (Å²) in [5.41, 5.74) is 0.882. The fraction of sp³-hybridized carbons (Fsp3) is 0.143. The molecule has 0 N–H and O–H groups in total. The summed E-state index contributed by atoms with van der Waals surface area (Å²) < 4.78 is 8.10. The van der Waals surface area contributed by atoms with Crippen LogP contribution in [-0.4, -0.2) is 28.8 Å². The minimum Gasteiger partial charge on any atom is -0.495 e. The van der Waals surface area contributed by atoms with Crippen LogP contribution in [0.15, 0.2) is 29.7 Å². The molecule has 2 rings (SSSR count). The average Bonchev–Trinajstić information content (AvgIpc) is 2.66. The van der Waals surface area contributed by atoms with Gasteiger partial charge in [-0.25, -0.2) is 0 Å². The average molecular weight is 543 g/mol. The molecular weight excluding hydrogens is 532 g/mol. The number of carbonyl (C=O) groups is 1. The Morgan fingerprint density at radius 1 is 1.48 bits per heavy atom. The van der Waals surface area contributed by atoms with Crippen molar-refractivity contribution in [2.75, 3.05) is 13.7 Å². The highest BCUT2D eigenvalue weighted by Gasteiger charge is 2.31. The van der Waals surface area contributed by atoms with Crippen LogP contribution in [0.1, 0.15) is 5.56 Å². The molecule has 1 aliphatic rings. The summed E-state index contributed by atoms with van der Waals surface area (Å²) in [5.74, 6) is 0.686. The third-order valence-electron chi connectivity index (χ3n) is 2.71. The van der Waals surface area contributed by atoms with Gasteiger partial charge in [0.25, 0.3) is 5.91 Å². The number of thiocarbonyl (C=S) groups is 1. The second kappa shape index (κ2) is 7.42. The molecule has 1 amide bonds. The Kier molecular flexibility index (Phi) is 6.09. The summed E-state index contributed by atoms with van der Waals surface area (Å²) in [5, 5.41) is 0. The van der Waals surface area contributed by atoms with E-state index in [9.17, 15) is 4.79 Å². The summed E-state index contributed by atoms with van der Waals surface area (Å²) in [6.45, 7) is 4.08. The first-order chi connectivity index (χ1) is 9.97. The summed E-state index contributed by atoms with van der Waals surface area (Å²) in [7, 11) is 1.63. The largest absolute Gasteiger partial charge is 0.495 e. The van der Waals surface area contributed by atoms with E-state index in [0.29, 0.717) is 15.8 Å². The van der Waals surface area contributed by atoms with Crippen LogP contribution in [0.3, 0.4) is 0 Å². The van der Waals surface area contributed by atoms with E-state index < -0.39 is 0 Å². The van der Waals surface area contributed by atoms with Crippen molar-refractivity contribution < 1.29 is 9.53 Å². The minimum absolute atomic E-state index is 0.0826. The van der Waals surface area contributed by atoms with Crippen molar-refractivity contribution in [2.24, 2.45) is 0 Å². The molecule has 0 bridgehead atoms. The molecule has 1 heterocycles. The number of amides is 1. The summed E-state index contributed by atoms with van der Waals surface area (Å²) >= 11 is 11.0. The third kappa shape index (κ3) is 3.80. The summed E-state index contributed by atoms with van der Waals surface area (Å²) in [4.78, 5) is 14.5. The van der Waals surface area contributed by atoms with Crippen LogP contribution >= 0.6 is 69.2 Å². The SMILES string of the molecule is C=CCN1C(=O)/C(=C/c2cc(I)cc(I)c2OC)SC1=S. The lowest BCUT2D eigenvalue weighted by Gasteiger charge is -2.11. The second-order valence-electron chi connectivity index (χ2n) is 4.09. The smallest absolute Gasteiger partial charge is 0.266 e. The molecule has 110 valence electrons. The highest BCUT2D eigenvalue weighted by atomic mass is 127. The van der Waals surface area contributed by atoms with E-state index in [1.165, 1.54) is 11.8 Å². The van der Waals surface area contributed by atoms with E-state index in [-0.39, 0.29) is 5.91 Å². The molecule has 0 atom stereocenters. The van der Waals surface area contributed by atoms with Crippen molar-refractivity contribution in [3.8, 4) is 5.75 Å². The number of hydrogen-bond acceptors (Lipinski definition) is 4. The van der Waals surface area contributed by atoms with Gasteiger partial charge < -0.3 is 4.74 Å². The number of hydrogen-bond donors (Lipinski definition) is 0. The van der Waals surface area contributed by atoms with Gasteiger partial charge in [-0.3, -0.25) is 9.69 Å². The zero-order chi connectivity index (χ0) is 15.6. The Balaban J connectivity index is 2.43. The van der Waals surface area contributed by atoms with E-state index >= 15 is 0 Å². The van der Waals surface area contributed by atoms with Crippen molar-refractivity contribution in [3.63, 3.8) is 0 Å². The van der Waals surface area contributed by atoms with Gasteiger partial charge in [-0.05, 0) is 63.4 Å².